The molecular weight excluding hydrogens is 192 g/mol. The van der Waals surface area contributed by atoms with Gasteiger partial charge in [0.05, 0.1) is 18.2 Å². The average molecular weight is 210 g/mol. The molecule has 3 heterocycles. The van der Waals surface area contributed by atoms with Gasteiger partial charge in [-0.15, -0.1) is 0 Å². The molecule has 5 unspecified atom stereocenters. The lowest BCUT2D eigenvalue weighted by atomic mass is 9.82. The van der Waals surface area contributed by atoms with E-state index in [1.807, 2.05) is 6.92 Å². The molecule has 2 N–H and O–H groups in total. The van der Waals surface area contributed by atoms with Crippen LogP contribution < -0.4 is 5.73 Å². The number of rotatable bonds is 2. The van der Waals surface area contributed by atoms with Crippen LogP contribution in [0, 0.1) is 11.8 Å². The van der Waals surface area contributed by atoms with Crippen molar-refractivity contribution in [3.05, 3.63) is 0 Å². The summed E-state index contributed by atoms with van der Waals surface area (Å²) < 4.78 is 5.88. The van der Waals surface area contributed by atoms with Gasteiger partial charge < -0.3 is 10.5 Å². The van der Waals surface area contributed by atoms with Crippen molar-refractivity contribution in [2.75, 3.05) is 13.1 Å². The van der Waals surface area contributed by atoms with Gasteiger partial charge in [0.25, 0.3) is 0 Å². The van der Waals surface area contributed by atoms with E-state index >= 15 is 0 Å². The zero-order valence-corrected chi connectivity index (χ0v) is 9.06. The third-order valence-electron chi connectivity index (χ3n) is 4.44. The molecule has 3 fully saturated rings. The minimum Gasteiger partial charge on any atom is -0.374 e. The Morgan fingerprint density at radius 3 is 2.33 bits per heavy atom. The van der Waals surface area contributed by atoms with Gasteiger partial charge in [-0.2, -0.15) is 0 Å². The molecule has 0 aromatic heterocycles. The second kappa shape index (κ2) is 3.19. The summed E-state index contributed by atoms with van der Waals surface area (Å²) in [5.74, 6) is 1.11. The molecule has 0 saturated carbocycles. The predicted molar refractivity (Wildman–Crippen MR) is 55.1 cm³/mol. The van der Waals surface area contributed by atoms with Gasteiger partial charge in [0.1, 0.15) is 0 Å². The van der Waals surface area contributed by atoms with Gasteiger partial charge in [-0.1, -0.05) is 0 Å². The van der Waals surface area contributed by atoms with Crippen LogP contribution in [-0.2, 0) is 9.53 Å². The number of hydrogen-bond acceptors (Lipinski definition) is 3. The highest BCUT2D eigenvalue weighted by Crippen LogP contribution is 2.47. The van der Waals surface area contributed by atoms with E-state index in [4.69, 9.17) is 10.5 Å². The van der Waals surface area contributed by atoms with Crippen molar-refractivity contribution in [1.29, 1.82) is 0 Å². The maximum absolute atomic E-state index is 11.1. The molecule has 0 spiro atoms. The Kier molecular flexibility index (Phi) is 2.04. The van der Waals surface area contributed by atoms with Crippen LogP contribution in [0.2, 0.25) is 0 Å². The van der Waals surface area contributed by atoms with Gasteiger partial charge in [0.2, 0.25) is 5.91 Å². The molecule has 3 aliphatic rings. The second-order valence-corrected chi connectivity index (χ2v) is 5.15. The molecule has 4 nitrogen and oxygen atoms in total. The van der Waals surface area contributed by atoms with Crippen LogP contribution >= 0.6 is 0 Å². The number of nitrogens with two attached hydrogens (primary N) is 1. The molecule has 15 heavy (non-hydrogen) atoms. The van der Waals surface area contributed by atoms with Crippen LogP contribution in [0.15, 0.2) is 0 Å². The zero-order chi connectivity index (χ0) is 10.6. The number of hydrogen-bond donors (Lipinski definition) is 1. The summed E-state index contributed by atoms with van der Waals surface area (Å²) in [6.45, 7) is 3.90. The molecule has 1 amide bonds. The first kappa shape index (κ1) is 9.60. The topological polar surface area (TPSA) is 55.6 Å². The number of fused-ring (bicyclic) bond motifs is 5. The minimum atomic E-state index is -0.205. The van der Waals surface area contributed by atoms with Gasteiger partial charge >= 0.3 is 0 Å². The molecule has 3 rings (SSSR count). The number of carbonyl (C=O) groups is 1. The maximum Gasteiger partial charge on any atom is 0.234 e. The quantitative estimate of drug-likeness (QED) is 0.696. The lowest BCUT2D eigenvalue weighted by Crippen LogP contribution is -2.42. The number of primary amides is 1. The van der Waals surface area contributed by atoms with Crippen molar-refractivity contribution >= 4 is 5.91 Å². The van der Waals surface area contributed by atoms with Crippen LogP contribution in [0.4, 0.5) is 0 Å². The summed E-state index contributed by atoms with van der Waals surface area (Å²) in [4.78, 5) is 13.4. The molecule has 2 bridgehead atoms. The van der Waals surface area contributed by atoms with E-state index in [1.54, 1.807) is 0 Å². The highest BCUT2D eigenvalue weighted by molar-refractivity contribution is 5.79. The van der Waals surface area contributed by atoms with E-state index < -0.39 is 0 Å². The van der Waals surface area contributed by atoms with Crippen molar-refractivity contribution in [2.24, 2.45) is 17.6 Å². The van der Waals surface area contributed by atoms with Crippen molar-refractivity contribution in [3.63, 3.8) is 0 Å². The van der Waals surface area contributed by atoms with E-state index in [0.717, 1.165) is 13.1 Å². The summed E-state index contributed by atoms with van der Waals surface area (Å²) in [5.41, 5.74) is 5.34. The van der Waals surface area contributed by atoms with Gasteiger partial charge in [-0.05, 0) is 19.8 Å². The lowest BCUT2D eigenvalue weighted by Gasteiger charge is -2.23. The van der Waals surface area contributed by atoms with Gasteiger partial charge in [-0.25, -0.2) is 0 Å². The van der Waals surface area contributed by atoms with Crippen LogP contribution in [0.3, 0.4) is 0 Å². The fourth-order valence-corrected chi connectivity index (χ4v) is 3.49. The highest BCUT2D eigenvalue weighted by Gasteiger charge is 2.53. The van der Waals surface area contributed by atoms with Crippen LogP contribution in [0.1, 0.15) is 19.8 Å². The molecule has 4 heteroatoms. The molecule has 0 aromatic carbocycles. The van der Waals surface area contributed by atoms with E-state index in [0.29, 0.717) is 24.0 Å². The third-order valence-corrected chi connectivity index (χ3v) is 4.44. The fourth-order valence-electron chi connectivity index (χ4n) is 3.49. The molecular formula is C11H18N2O2. The first-order valence-corrected chi connectivity index (χ1v) is 5.85. The normalized spacial score (nSPS) is 45.7. The Labute approximate surface area is 89.7 Å². The summed E-state index contributed by atoms with van der Waals surface area (Å²) >= 11 is 0. The smallest absolute Gasteiger partial charge is 0.234 e. The molecule has 5 atom stereocenters. The zero-order valence-electron chi connectivity index (χ0n) is 9.06. The Balaban J connectivity index is 1.71. The SMILES string of the molecule is CC(C(N)=O)N1CC2C3CCC(O3)C2C1. The summed E-state index contributed by atoms with van der Waals surface area (Å²) in [5, 5.41) is 0. The Bertz CT molecular complexity index is 276. The molecule has 3 saturated heterocycles. The molecule has 0 aromatic rings. The second-order valence-electron chi connectivity index (χ2n) is 5.15. The minimum absolute atomic E-state index is 0.116. The van der Waals surface area contributed by atoms with Crippen LogP contribution in [-0.4, -0.2) is 42.1 Å². The van der Waals surface area contributed by atoms with Crippen LogP contribution in [0.25, 0.3) is 0 Å². The van der Waals surface area contributed by atoms with Crippen molar-refractivity contribution in [3.8, 4) is 0 Å². The Morgan fingerprint density at radius 1 is 1.33 bits per heavy atom. The van der Waals surface area contributed by atoms with E-state index in [1.165, 1.54) is 12.8 Å². The number of nitrogens with zero attached hydrogens (tertiary/aromatic N) is 1. The maximum atomic E-state index is 11.1. The monoisotopic (exact) mass is 210 g/mol. The van der Waals surface area contributed by atoms with Crippen LogP contribution in [0.5, 0.6) is 0 Å². The van der Waals surface area contributed by atoms with Gasteiger partial charge in [0.15, 0.2) is 0 Å². The van der Waals surface area contributed by atoms with E-state index in [9.17, 15) is 4.79 Å². The molecule has 0 aliphatic carbocycles. The molecule has 3 aliphatic heterocycles. The van der Waals surface area contributed by atoms with E-state index in [-0.39, 0.29) is 11.9 Å². The Hall–Kier alpha value is -0.610. The summed E-state index contributed by atoms with van der Waals surface area (Å²) in [6, 6.07) is -0.116. The van der Waals surface area contributed by atoms with E-state index in [2.05, 4.69) is 4.90 Å². The first-order valence-electron chi connectivity index (χ1n) is 5.85. The van der Waals surface area contributed by atoms with Crippen molar-refractivity contribution in [2.45, 2.75) is 38.0 Å². The number of amides is 1. The number of carbonyl (C=O) groups excluding carboxylic acids is 1. The highest BCUT2D eigenvalue weighted by atomic mass is 16.5. The van der Waals surface area contributed by atoms with Crippen molar-refractivity contribution < 1.29 is 9.53 Å². The molecule has 0 radical (unpaired) electrons. The van der Waals surface area contributed by atoms with Gasteiger partial charge in [-0.3, -0.25) is 9.69 Å². The molecule has 84 valence electrons. The van der Waals surface area contributed by atoms with Gasteiger partial charge in [0, 0.05) is 24.9 Å². The first-order chi connectivity index (χ1) is 7.16. The number of likely N-dealkylation sites (tertiary alicyclic amines) is 1. The fraction of sp³-hybridized carbons (Fsp3) is 0.909. The number of ether oxygens (including phenoxy) is 1. The van der Waals surface area contributed by atoms with Crippen molar-refractivity contribution in [1.82, 2.24) is 4.90 Å². The largest absolute Gasteiger partial charge is 0.374 e. The Morgan fingerprint density at radius 2 is 1.87 bits per heavy atom. The summed E-state index contributed by atoms with van der Waals surface area (Å²) in [7, 11) is 0. The lowest BCUT2D eigenvalue weighted by molar-refractivity contribution is -0.122. The predicted octanol–water partition coefficient (Wildman–Crippen LogP) is -0.0306. The standard InChI is InChI=1S/C11H18N2O2/c1-6(11(12)14)13-4-7-8(5-13)10-3-2-9(7)15-10/h6-10H,2-5H2,1H3,(H2,12,14). The summed E-state index contributed by atoms with van der Waals surface area (Å²) in [6.07, 6.45) is 3.35. The third kappa shape index (κ3) is 1.31. The average Bonchev–Trinajstić information content (AvgIpc) is 2.87.